The highest BCUT2D eigenvalue weighted by molar-refractivity contribution is 9.10. The van der Waals surface area contributed by atoms with E-state index >= 15 is 0 Å². The van der Waals surface area contributed by atoms with E-state index in [1.54, 1.807) is 31.2 Å². The van der Waals surface area contributed by atoms with Crippen LogP contribution in [0.2, 0.25) is 0 Å². The Morgan fingerprint density at radius 3 is 2.20 bits per heavy atom. The lowest BCUT2D eigenvalue weighted by atomic mass is 10.0. The molecule has 0 saturated carbocycles. The average molecular weight is 482 g/mol. The van der Waals surface area contributed by atoms with E-state index in [2.05, 4.69) is 26.6 Å². The Kier molecular flexibility index (Phi) is 8.46. The molecule has 1 atom stereocenters. The average Bonchev–Trinajstić information content (AvgIpc) is 2.68. The highest BCUT2D eigenvalue weighted by atomic mass is 79.9. The lowest BCUT2D eigenvalue weighted by molar-refractivity contribution is -0.135. The third kappa shape index (κ3) is 6.62. The van der Waals surface area contributed by atoms with E-state index in [-0.39, 0.29) is 31.3 Å². The number of para-hydroxylation sites is 1. The summed E-state index contributed by atoms with van der Waals surface area (Å²) in [6.45, 7) is 2.86. The summed E-state index contributed by atoms with van der Waals surface area (Å²) in [5, 5.41) is 4.90. The lowest BCUT2D eigenvalue weighted by Gasteiger charge is -2.24. The predicted octanol–water partition coefficient (Wildman–Crippen LogP) is 3.78. The number of nitrogens with one attached hydrogen (secondary N) is 2. The Morgan fingerprint density at radius 2 is 1.67 bits per heavy atom. The molecule has 0 aliphatic heterocycles. The third-order valence-electron chi connectivity index (χ3n) is 4.32. The van der Waals surface area contributed by atoms with E-state index in [4.69, 9.17) is 0 Å². The molecule has 9 heteroatoms. The highest BCUT2D eigenvalue weighted by Crippen LogP contribution is 2.21. The molecule has 2 aromatic rings. The van der Waals surface area contributed by atoms with Crippen LogP contribution in [0.1, 0.15) is 31.9 Å². The number of carbonyl (C=O) groups is 3. The minimum absolute atomic E-state index is 0.0730. The fourth-order valence-corrected chi connectivity index (χ4v) is 3.11. The van der Waals surface area contributed by atoms with Crippen LogP contribution >= 0.6 is 15.9 Å². The van der Waals surface area contributed by atoms with Gasteiger partial charge in [-0.25, -0.2) is 8.78 Å². The molecule has 0 aromatic heterocycles. The van der Waals surface area contributed by atoms with E-state index < -0.39 is 29.3 Å². The van der Waals surface area contributed by atoms with Crippen molar-refractivity contribution >= 4 is 39.3 Å². The van der Waals surface area contributed by atoms with Crippen molar-refractivity contribution < 1.29 is 23.2 Å². The number of nitrogens with zero attached hydrogens (tertiary/aromatic N) is 1. The van der Waals surface area contributed by atoms with E-state index in [0.717, 1.165) is 22.2 Å². The fraction of sp³-hybridized carbons (Fsp3) is 0.286. The lowest BCUT2D eigenvalue weighted by Crippen LogP contribution is -2.40. The van der Waals surface area contributed by atoms with Gasteiger partial charge in [0.1, 0.15) is 17.3 Å². The number of rotatable bonds is 8. The number of anilines is 1. The molecule has 160 valence electrons. The molecule has 0 aliphatic carbocycles. The van der Waals surface area contributed by atoms with Gasteiger partial charge in [-0.05, 0) is 36.8 Å². The van der Waals surface area contributed by atoms with Gasteiger partial charge in [0.15, 0.2) is 0 Å². The second kappa shape index (κ2) is 10.8. The Morgan fingerprint density at radius 1 is 1.07 bits per heavy atom. The molecule has 2 aromatic carbocycles. The zero-order chi connectivity index (χ0) is 22.3. The monoisotopic (exact) mass is 481 g/mol. The minimum atomic E-state index is -0.904. The number of hydrogen-bond acceptors (Lipinski definition) is 3. The molecule has 0 fully saturated rings. The van der Waals surface area contributed by atoms with Gasteiger partial charge in [-0.2, -0.15) is 0 Å². The van der Waals surface area contributed by atoms with Gasteiger partial charge in [0, 0.05) is 17.9 Å². The summed E-state index contributed by atoms with van der Waals surface area (Å²) >= 11 is 3.33. The summed E-state index contributed by atoms with van der Waals surface area (Å²) in [4.78, 5) is 37.8. The highest BCUT2D eigenvalue weighted by Gasteiger charge is 2.23. The fourth-order valence-electron chi connectivity index (χ4n) is 2.84. The first-order valence-corrected chi connectivity index (χ1v) is 10.0. The van der Waals surface area contributed by atoms with E-state index in [0.29, 0.717) is 0 Å². The first-order chi connectivity index (χ1) is 14.2. The summed E-state index contributed by atoms with van der Waals surface area (Å²) in [5.41, 5.74) is 0.174. The van der Waals surface area contributed by atoms with Crippen molar-refractivity contribution in [3.05, 3.63) is 64.1 Å². The smallest absolute Gasteiger partial charge is 0.244 e. The first-order valence-electron chi connectivity index (χ1n) is 9.25. The predicted molar refractivity (Wildman–Crippen MR) is 113 cm³/mol. The third-order valence-corrected chi connectivity index (χ3v) is 4.85. The maximum atomic E-state index is 13.7. The second-order valence-electron chi connectivity index (χ2n) is 6.56. The van der Waals surface area contributed by atoms with Crippen LogP contribution < -0.4 is 10.6 Å². The quantitative estimate of drug-likeness (QED) is 0.601. The molecule has 2 N–H and O–H groups in total. The molecular formula is C21H22BrF2N3O3. The zero-order valence-corrected chi connectivity index (χ0v) is 18.1. The van der Waals surface area contributed by atoms with Crippen LogP contribution in [0, 0.1) is 11.6 Å². The zero-order valence-electron chi connectivity index (χ0n) is 16.5. The van der Waals surface area contributed by atoms with Crippen LogP contribution in [-0.2, 0) is 14.4 Å². The minimum Gasteiger partial charge on any atom is -0.349 e. The summed E-state index contributed by atoms with van der Waals surface area (Å²) < 4.78 is 28.3. The number of likely N-dealkylation sites (N-methyl/N-ethyl adjacent to an activating group) is 1. The van der Waals surface area contributed by atoms with Gasteiger partial charge in [0.05, 0.1) is 19.0 Å². The molecule has 3 amide bonds. The SMILES string of the molecule is CCN(CC(=O)Nc1c(F)cccc1F)C(=O)CC(NC(C)=O)c1ccc(Br)cc1. The van der Waals surface area contributed by atoms with Crippen LogP contribution in [0.15, 0.2) is 46.9 Å². The molecule has 0 aliphatic rings. The van der Waals surface area contributed by atoms with Crippen LogP contribution in [0.3, 0.4) is 0 Å². The molecule has 0 spiro atoms. The van der Waals surface area contributed by atoms with Gasteiger partial charge in [-0.15, -0.1) is 0 Å². The number of halogens is 3. The molecular weight excluding hydrogens is 460 g/mol. The molecule has 6 nitrogen and oxygen atoms in total. The molecule has 0 saturated heterocycles. The van der Waals surface area contributed by atoms with Gasteiger partial charge in [0.25, 0.3) is 0 Å². The maximum absolute atomic E-state index is 13.7. The van der Waals surface area contributed by atoms with Gasteiger partial charge in [-0.1, -0.05) is 34.1 Å². The van der Waals surface area contributed by atoms with E-state index in [9.17, 15) is 23.2 Å². The van der Waals surface area contributed by atoms with Crippen LogP contribution in [0.25, 0.3) is 0 Å². The largest absolute Gasteiger partial charge is 0.349 e. The molecule has 1 unspecified atom stereocenters. The van der Waals surface area contributed by atoms with Crippen LogP contribution in [-0.4, -0.2) is 35.7 Å². The first kappa shape index (κ1) is 23.5. The molecule has 30 heavy (non-hydrogen) atoms. The Balaban J connectivity index is 2.08. The molecule has 0 heterocycles. The van der Waals surface area contributed by atoms with Crippen molar-refractivity contribution in [1.29, 1.82) is 0 Å². The normalized spacial score (nSPS) is 11.5. The van der Waals surface area contributed by atoms with Crippen molar-refractivity contribution in [3.63, 3.8) is 0 Å². The Labute approximate surface area is 181 Å². The summed E-state index contributed by atoms with van der Waals surface area (Å²) in [5.74, 6) is -3.22. The van der Waals surface area contributed by atoms with Gasteiger partial charge < -0.3 is 15.5 Å². The van der Waals surface area contributed by atoms with Crippen molar-refractivity contribution in [2.24, 2.45) is 0 Å². The summed E-state index contributed by atoms with van der Waals surface area (Å²) in [6, 6.07) is 9.81. The topological polar surface area (TPSA) is 78.5 Å². The Bertz CT molecular complexity index is 902. The number of hydrogen-bond donors (Lipinski definition) is 2. The van der Waals surface area contributed by atoms with Gasteiger partial charge >= 0.3 is 0 Å². The molecule has 2 rings (SSSR count). The molecule has 0 bridgehead atoms. The van der Waals surface area contributed by atoms with Crippen LogP contribution in [0.5, 0.6) is 0 Å². The maximum Gasteiger partial charge on any atom is 0.244 e. The summed E-state index contributed by atoms with van der Waals surface area (Å²) in [6.07, 6.45) is -0.0730. The van der Waals surface area contributed by atoms with Gasteiger partial charge in [-0.3, -0.25) is 14.4 Å². The number of carbonyl (C=O) groups excluding carboxylic acids is 3. The van der Waals surface area contributed by atoms with Gasteiger partial charge in [0.2, 0.25) is 17.7 Å². The van der Waals surface area contributed by atoms with E-state index in [1.807, 2.05) is 0 Å². The standard InChI is InChI=1S/C21H22BrF2N3O3/c1-3-27(12-19(29)26-21-16(23)5-4-6-17(21)24)20(30)11-18(25-13(2)28)14-7-9-15(22)10-8-14/h4-10,18H,3,11-12H2,1-2H3,(H,25,28)(H,26,29). The van der Waals surface area contributed by atoms with Crippen LogP contribution in [0.4, 0.5) is 14.5 Å². The summed E-state index contributed by atoms with van der Waals surface area (Å²) in [7, 11) is 0. The van der Waals surface area contributed by atoms with E-state index in [1.165, 1.54) is 17.9 Å². The molecule has 0 radical (unpaired) electrons. The Hall–Kier alpha value is -2.81. The second-order valence-corrected chi connectivity index (χ2v) is 7.48. The van der Waals surface area contributed by atoms with Crippen molar-refractivity contribution in [3.8, 4) is 0 Å². The number of amides is 3. The number of benzene rings is 2. The van der Waals surface area contributed by atoms with Crippen molar-refractivity contribution in [2.45, 2.75) is 26.3 Å². The van der Waals surface area contributed by atoms with Crippen molar-refractivity contribution in [1.82, 2.24) is 10.2 Å². The van der Waals surface area contributed by atoms with Crippen molar-refractivity contribution in [2.75, 3.05) is 18.4 Å².